The fourth-order valence-corrected chi connectivity index (χ4v) is 8.23. The molecule has 0 radical (unpaired) electrons. The first-order valence-electron chi connectivity index (χ1n) is 11.3. The quantitative estimate of drug-likeness (QED) is 0.504. The van der Waals surface area contributed by atoms with Crippen molar-refractivity contribution in [1.82, 2.24) is 0 Å². The molecule has 0 aliphatic heterocycles. The second kappa shape index (κ2) is 5.98. The van der Waals surface area contributed by atoms with Crippen molar-refractivity contribution in [2.75, 3.05) is 0 Å². The monoisotopic (exact) mass is 346 g/mol. The second-order valence-corrected chi connectivity index (χ2v) is 12.0. The molecule has 8 atom stereocenters. The molecule has 0 heterocycles. The van der Waals surface area contributed by atoms with Crippen LogP contribution in [0.3, 0.4) is 0 Å². The normalized spacial score (nSPS) is 53.0. The first kappa shape index (κ1) is 18.3. The minimum absolute atomic E-state index is 0.00427. The van der Waals surface area contributed by atoms with Gasteiger partial charge >= 0.3 is 0 Å². The van der Waals surface area contributed by atoms with Crippen molar-refractivity contribution in [3.63, 3.8) is 0 Å². The summed E-state index contributed by atoms with van der Waals surface area (Å²) < 4.78 is 6.83. The average Bonchev–Trinajstić information content (AvgIpc) is 2.80. The summed E-state index contributed by atoms with van der Waals surface area (Å²) >= 11 is 0. The van der Waals surface area contributed by atoms with Gasteiger partial charge in [-0.3, -0.25) is 0 Å². The average molecular weight is 347 g/mol. The highest BCUT2D eigenvalue weighted by Gasteiger charge is 2.61. The van der Waals surface area contributed by atoms with E-state index in [1.807, 2.05) is 0 Å². The van der Waals surface area contributed by atoms with Gasteiger partial charge in [0, 0.05) is 0 Å². The van der Waals surface area contributed by atoms with Crippen molar-refractivity contribution >= 4 is 0 Å². The van der Waals surface area contributed by atoms with Crippen molar-refractivity contribution in [2.24, 2.45) is 40.4 Å². The van der Waals surface area contributed by atoms with E-state index in [4.69, 9.17) is 4.74 Å². The zero-order chi connectivity index (χ0) is 18.0. The van der Waals surface area contributed by atoms with E-state index in [9.17, 15) is 0 Å². The molecule has 4 aliphatic carbocycles. The van der Waals surface area contributed by atoms with Crippen LogP contribution in [0.25, 0.3) is 0 Å². The van der Waals surface area contributed by atoms with Crippen molar-refractivity contribution in [3.05, 3.63) is 0 Å². The predicted octanol–water partition coefficient (Wildman–Crippen LogP) is 6.85. The Balaban J connectivity index is 1.70. The smallest absolute Gasteiger partial charge is 0.0618 e. The third-order valence-electron chi connectivity index (χ3n) is 9.07. The molecule has 0 aromatic rings. The summed E-state index contributed by atoms with van der Waals surface area (Å²) in [6.45, 7) is 14.6. The Morgan fingerprint density at radius 1 is 0.920 bits per heavy atom. The lowest BCUT2D eigenvalue weighted by molar-refractivity contribution is -0.202. The molecule has 1 nitrogen and oxygen atoms in total. The Kier molecular flexibility index (Phi) is 4.38. The lowest BCUT2D eigenvalue weighted by atomic mass is 9.44. The van der Waals surface area contributed by atoms with Crippen LogP contribution in [0.1, 0.15) is 99.3 Å². The van der Waals surface area contributed by atoms with Crippen molar-refractivity contribution < 1.29 is 4.74 Å². The van der Waals surface area contributed by atoms with Crippen LogP contribution in [0, 0.1) is 40.4 Å². The highest BCUT2D eigenvalue weighted by molar-refractivity contribution is 5.10. The van der Waals surface area contributed by atoms with Crippen LogP contribution in [0.2, 0.25) is 0 Å². The van der Waals surface area contributed by atoms with E-state index in [1.54, 1.807) is 0 Å². The van der Waals surface area contributed by atoms with E-state index in [2.05, 4.69) is 41.5 Å². The molecule has 25 heavy (non-hydrogen) atoms. The van der Waals surface area contributed by atoms with Gasteiger partial charge in [0.25, 0.3) is 0 Å². The standard InChI is InChI=1S/C24H42O/c1-16-13-19-21-18(10-12-23(19,5)15-16)24(6)11-8-7-9-17(24)14-20(21)25-22(2,3)4/h16-21H,7-15H2,1-6H3/t16?,17?,18?,19?,20-,21?,23+,24-/m0/s1. The summed E-state index contributed by atoms with van der Waals surface area (Å²) in [5.74, 6) is 4.48. The fraction of sp³-hybridized carbons (Fsp3) is 1.00. The topological polar surface area (TPSA) is 9.23 Å². The maximum Gasteiger partial charge on any atom is 0.0618 e. The van der Waals surface area contributed by atoms with Crippen molar-refractivity contribution in [2.45, 2.75) is 111 Å². The van der Waals surface area contributed by atoms with Crippen LogP contribution in [0.5, 0.6) is 0 Å². The van der Waals surface area contributed by atoms with Crippen LogP contribution in [0.15, 0.2) is 0 Å². The van der Waals surface area contributed by atoms with E-state index in [0.717, 1.165) is 29.6 Å². The highest BCUT2D eigenvalue weighted by atomic mass is 16.5. The number of hydrogen-bond donors (Lipinski definition) is 0. The highest BCUT2D eigenvalue weighted by Crippen LogP contribution is 2.67. The van der Waals surface area contributed by atoms with E-state index < -0.39 is 0 Å². The summed E-state index contributed by atoms with van der Waals surface area (Å²) in [5, 5.41) is 0. The van der Waals surface area contributed by atoms with Gasteiger partial charge < -0.3 is 4.74 Å². The van der Waals surface area contributed by atoms with E-state index in [1.165, 1.54) is 57.8 Å². The summed E-state index contributed by atoms with van der Waals surface area (Å²) in [5.41, 5.74) is 1.20. The first-order chi connectivity index (χ1) is 11.6. The minimum atomic E-state index is -0.00427. The van der Waals surface area contributed by atoms with Gasteiger partial charge in [-0.1, -0.05) is 33.6 Å². The molecule has 0 bridgehead atoms. The molecular weight excluding hydrogens is 304 g/mol. The molecule has 144 valence electrons. The molecule has 0 saturated heterocycles. The Morgan fingerprint density at radius 2 is 1.68 bits per heavy atom. The molecular formula is C24H42O. The van der Waals surface area contributed by atoms with Gasteiger partial charge in [0.15, 0.2) is 0 Å². The third-order valence-corrected chi connectivity index (χ3v) is 9.07. The lowest BCUT2D eigenvalue weighted by Gasteiger charge is -2.62. The molecule has 4 saturated carbocycles. The first-order valence-corrected chi connectivity index (χ1v) is 11.3. The van der Waals surface area contributed by atoms with Gasteiger partial charge in [0.05, 0.1) is 11.7 Å². The maximum absolute atomic E-state index is 6.83. The van der Waals surface area contributed by atoms with Crippen LogP contribution >= 0.6 is 0 Å². The Morgan fingerprint density at radius 3 is 2.40 bits per heavy atom. The molecule has 0 aromatic carbocycles. The Bertz CT molecular complexity index is 505. The zero-order valence-corrected chi connectivity index (χ0v) is 17.7. The van der Waals surface area contributed by atoms with Crippen LogP contribution < -0.4 is 0 Å². The molecule has 0 spiro atoms. The van der Waals surface area contributed by atoms with Gasteiger partial charge in [-0.15, -0.1) is 0 Å². The summed E-state index contributed by atoms with van der Waals surface area (Å²) in [6, 6.07) is 0. The number of hydrogen-bond acceptors (Lipinski definition) is 1. The SMILES string of the molecule is CC1CC2C3C(CC[C@]2(C)C1)[C@@]1(C)CCCCC1C[C@@H]3OC(C)(C)C. The van der Waals surface area contributed by atoms with Gasteiger partial charge in [-0.05, 0) is 106 Å². The lowest BCUT2D eigenvalue weighted by Crippen LogP contribution is -2.58. The van der Waals surface area contributed by atoms with Crippen molar-refractivity contribution in [3.8, 4) is 0 Å². The van der Waals surface area contributed by atoms with Crippen molar-refractivity contribution in [1.29, 1.82) is 0 Å². The molecule has 4 aliphatic rings. The van der Waals surface area contributed by atoms with Crippen LogP contribution in [-0.4, -0.2) is 11.7 Å². The van der Waals surface area contributed by atoms with Gasteiger partial charge in [0.1, 0.15) is 0 Å². The predicted molar refractivity (Wildman–Crippen MR) is 106 cm³/mol. The molecule has 1 heteroatoms. The molecule has 0 amide bonds. The summed E-state index contributed by atoms with van der Waals surface area (Å²) in [7, 11) is 0. The third kappa shape index (κ3) is 3.01. The molecule has 4 rings (SSSR count). The number of ether oxygens (including phenoxy) is 1. The van der Waals surface area contributed by atoms with E-state index in [-0.39, 0.29) is 5.60 Å². The maximum atomic E-state index is 6.83. The molecule has 0 N–H and O–H groups in total. The molecule has 5 unspecified atom stereocenters. The van der Waals surface area contributed by atoms with E-state index >= 15 is 0 Å². The Hall–Kier alpha value is -0.0400. The summed E-state index contributed by atoms with van der Waals surface area (Å²) in [4.78, 5) is 0. The van der Waals surface area contributed by atoms with Gasteiger partial charge in [-0.25, -0.2) is 0 Å². The second-order valence-electron chi connectivity index (χ2n) is 12.0. The van der Waals surface area contributed by atoms with Crippen LogP contribution in [0.4, 0.5) is 0 Å². The van der Waals surface area contributed by atoms with Gasteiger partial charge in [-0.2, -0.15) is 0 Å². The molecule has 0 aromatic heterocycles. The number of rotatable bonds is 1. The number of fused-ring (bicyclic) bond motifs is 5. The fourth-order valence-electron chi connectivity index (χ4n) is 8.23. The van der Waals surface area contributed by atoms with Gasteiger partial charge in [0.2, 0.25) is 0 Å². The zero-order valence-electron chi connectivity index (χ0n) is 17.7. The Labute approximate surface area is 156 Å². The van der Waals surface area contributed by atoms with Crippen LogP contribution in [-0.2, 0) is 4.74 Å². The molecule has 4 fully saturated rings. The minimum Gasteiger partial charge on any atom is -0.372 e. The van der Waals surface area contributed by atoms with E-state index in [0.29, 0.717) is 16.9 Å². The largest absolute Gasteiger partial charge is 0.372 e. The summed E-state index contributed by atoms with van der Waals surface area (Å²) in [6.07, 6.45) is 13.6.